The Morgan fingerprint density at radius 1 is 1.46 bits per heavy atom. The van der Waals surface area contributed by atoms with Gasteiger partial charge in [-0.3, -0.25) is 0 Å². The first-order valence-corrected chi connectivity index (χ1v) is 5.53. The molecular formula is C11H23NO. The van der Waals surface area contributed by atoms with Crippen molar-refractivity contribution in [1.82, 2.24) is 4.90 Å². The third kappa shape index (κ3) is 2.96. The van der Waals surface area contributed by atoms with Gasteiger partial charge in [0, 0.05) is 12.6 Å². The van der Waals surface area contributed by atoms with Gasteiger partial charge in [-0.2, -0.15) is 0 Å². The van der Waals surface area contributed by atoms with Crippen LogP contribution in [0.4, 0.5) is 0 Å². The van der Waals surface area contributed by atoms with Crippen LogP contribution in [0.1, 0.15) is 39.5 Å². The molecule has 0 aromatic carbocycles. The van der Waals surface area contributed by atoms with Crippen LogP contribution in [0.15, 0.2) is 0 Å². The normalized spacial score (nSPS) is 31.2. The van der Waals surface area contributed by atoms with Gasteiger partial charge in [0.05, 0.1) is 6.10 Å². The van der Waals surface area contributed by atoms with Gasteiger partial charge in [-0.15, -0.1) is 0 Å². The zero-order valence-corrected chi connectivity index (χ0v) is 9.16. The zero-order chi connectivity index (χ0) is 9.84. The first kappa shape index (κ1) is 11.0. The quantitative estimate of drug-likeness (QED) is 0.723. The van der Waals surface area contributed by atoms with Crippen molar-refractivity contribution in [2.24, 2.45) is 5.92 Å². The number of nitrogens with zero attached hydrogens (tertiary/aromatic N) is 1. The highest BCUT2D eigenvalue weighted by Crippen LogP contribution is 2.23. The fraction of sp³-hybridized carbons (Fsp3) is 1.00. The van der Waals surface area contributed by atoms with E-state index in [1.807, 2.05) is 0 Å². The van der Waals surface area contributed by atoms with E-state index in [0.717, 1.165) is 18.9 Å². The Morgan fingerprint density at radius 3 is 2.62 bits per heavy atom. The minimum atomic E-state index is -0.0749. The summed E-state index contributed by atoms with van der Waals surface area (Å²) in [6, 6.07) is 0.425. The lowest BCUT2D eigenvalue weighted by Crippen LogP contribution is -2.39. The summed E-state index contributed by atoms with van der Waals surface area (Å²) in [5.41, 5.74) is 0. The lowest BCUT2D eigenvalue weighted by atomic mass is 10.1. The topological polar surface area (TPSA) is 23.5 Å². The van der Waals surface area contributed by atoms with Crippen molar-refractivity contribution in [3.63, 3.8) is 0 Å². The molecule has 1 aliphatic rings. The van der Waals surface area contributed by atoms with E-state index in [2.05, 4.69) is 25.8 Å². The van der Waals surface area contributed by atoms with Crippen LogP contribution in [0, 0.1) is 5.92 Å². The van der Waals surface area contributed by atoms with Crippen molar-refractivity contribution in [3.05, 3.63) is 0 Å². The predicted molar refractivity (Wildman–Crippen MR) is 55.7 cm³/mol. The van der Waals surface area contributed by atoms with Gasteiger partial charge in [-0.1, -0.05) is 20.3 Å². The molecule has 13 heavy (non-hydrogen) atoms. The fourth-order valence-corrected chi connectivity index (χ4v) is 2.19. The Kier molecular flexibility index (Phi) is 4.20. The third-order valence-corrected chi connectivity index (χ3v) is 3.31. The summed E-state index contributed by atoms with van der Waals surface area (Å²) in [5.74, 6) is 0.748. The number of hydrogen-bond acceptors (Lipinski definition) is 2. The van der Waals surface area contributed by atoms with E-state index in [9.17, 15) is 5.11 Å². The Balaban J connectivity index is 2.33. The summed E-state index contributed by atoms with van der Waals surface area (Å²) in [7, 11) is 2.14. The van der Waals surface area contributed by atoms with E-state index in [1.54, 1.807) is 0 Å². The average Bonchev–Trinajstić information content (AvgIpc) is 2.51. The molecule has 0 aromatic rings. The molecule has 0 aromatic heterocycles. The predicted octanol–water partition coefficient (Wildman–Crippen LogP) is 1.88. The Bertz CT molecular complexity index is 149. The second kappa shape index (κ2) is 4.97. The molecule has 2 nitrogen and oxygen atoms in total. The molecule has 0 saturated heterocycles. The van der Waals surface area contributed by atoms with Crippen LogP contribution in [0.5, 0.6) is 0 Å². The molecule has 1 fully saturated rings. The fourth-order valence-electron chi connectivity index (χ4n) is 2.19. The lowest BCUT2D eigenvalue weighted by Gasteiger charge is -2.29. The van der Waals surface area contributed by atoms with Gasteiger partial charge < -0.3 is 10.0 Å². The second-order valence-corrected chi connectivity index (χ2v) is 4.52. The molecule has 0 aliphatic heterocycles. The molecule has 1 saturated carbocycles. The van der Waals surface area contributed by atoms with Crippen molar-refractivity contribution in [1.29, 1.82) is 0 Å². The molecule has 0 amide bonds. The molecule has 1 unspecified atom stereocenters. The highest BCUT2D eigenvalue weighted by Gasteiger charge is 2.28. The highest BCUT2D eigenvalue weighted by molar-refractivity contribution is 4.83. The number of likely N-dealkylation sites (N-methyl/N-ethyl adjacent to an activating group) is 1. The number of hydrogen-bond donors (Lipinski definition) is 1. The van der Waals surface area contributed by atoms with E-state index in [1.165, 1.54) is 19.3 Å². The smallest absolute Gasteiger partial charge is 0.0695 e. The van der Waals surface area contributed by atoms with Gasteiger partial charge in [0.15, 0.2) is 0 Å². The second-order valence-electron chi connectivity index (χ2n) is 4.52. The Labute approximate surface area is 81.9 Å². The lowest BCUT2D eigenvalue weighted by molar-refractivity contribution is 0.0784. The van der Waals surface area contributed by atoms with E-state index < -0.39 is 0 Å². The standard InChI is InChI=1S/C11H23NO/c1-4-9(2)8-12(3)10-6-5-7-11(10)13/h9-11,13H,4-8H2,1-3H3/t9?,10-,11-/m0/s1. The Morgan fingerprint density at radius 2 is 2.15 bits per heavy atom. The molecule has 0 heterocycles. The van der Waals surface area contributed by atoms with Crippen molar-refractivity contribution >= 4 is 0 Å². The van der Waals surface area contributed by atoms with Crippen molar-refractivity contribution in [2.75, 3.05) is 13.6 Å². The van der Waals surface area contributed by atoms with Crippen LogP contribution in [0.2, 0.25) is 0 Å². The molecule has 1 aliphatic carbocycles. The van der Waals surface area contributed by atoms with E-state index >= 15 is 0 Å². The SMILES string of the molecule is CCC(C)CN(C)[C@H]1CCC[C@@H]1O. The largest absolute Gasteiger partial charge is 0.391 e. The first-order valence-electron chi connectivity index (χ1n) is 5.53. The van der Waals surface area contributed by atoms with Crippen LogP contribution in [0.3, 0.4) is 0 Å². The Hall–Kier alpha value is -0.0800. The summed E-state index contributed by atoms with van der Waals surface area (Å²) in [4.78, 5) is 2.34. The van der Waals surface area contributed by atoms with Gasteiger partial charge >= 0.3 is 0 Å². The maximum atomic E-state index is 9.70. The van der Waals surface area contributed by atoms with Crippen molar-refractivity contribution in [3.8, 4) is 0 Å². The van der Waals surface area contributed by atoms with Gasteiger partial charge in [0.25, 0.3) is 0 Å². The monoisotopic (exact) mass is 185 g/mol. The molecule has 78 valence electrons. The summed E-state index contributed by atoms with van der Waals surface area (Å²) in [6.07, 6.45) is 4.52. The van der Waals surface area contributed by atoms with Crippen LogP contribution in [-0.2, 0) is 0 Å². The van der Waals surface area contributed by atoms with Crippen LogP contribution in [-0.4, -0.2) is 35.7 Å². The minimum Gasteiger partial charge on any atom is -0.391 e. The van der Waals surface area contributed by atoms with Crippen LogP contribution < -0.4 is 0 Å². The van der Waals surface area contributed by atoms with E-state index in [0.29, 0.717) is 6.04 Å². The summed E-state index contributed by atoms with van der Waals surface area (Å²) >= 11 is 0. The maximum absolute atomic E-state index is 9.70. The van der Waals surface area contributed by atoms with Gasteiger partial charge in [-0.05, 0) is 32.2 Å². The minimum absolute atomic E-state index is 0.0749. The van der Waals surface area contributed by atoms with E-state index in [-0.39, 0.29) is 6.10 Å². The number of aliphatic hydroxyl groups is 1. The molecule has 2 heteroatoms. The third-order valence-electron chi connectivity index (χ3n) is 3.31. The van der Waals surface area contributed by atoms with Gasteiger partial charge in [-0.25, -0.2) is 0 Å². The van der Waals surface area contributed by atoms with Crippen LogP contribution >= 0.6 is 0 Å². The molecular weight excluding hydrogens is 162 g/mol. The van der Waals surface area contributed by atoms with Gasteiger partial charge in [0.1, 0.15) is 0 Å². The van der Waals surface area contributed by atoms with Crippen LogP contribution in [0.25, 0.3) is 0 Å². The zero-order valence-electron chi connectivity index (χ0n) is 9.16. The molecule has 1 rings (SSSR count). The summed E-state index contributed by atoms with van der Waals surface area (Å²) in [5, 5.41) is 9.70. The van der Waals surface area contributed by atoms with Crippen molar-refractivity contribution < 1.29 is 5.11 Å². The van der Waals surface area contributed by atoms with Crippen molar-refractivity contribution in [2.45, 2.75) is 51.7 Å². The molecule has 0 radical (unpaired) electrons. The summed E-state index contributed by atoms with van der Waals surface area (Å²) < 4.78 is 0. The number of aliphatic hydroxyl groups excluding tert-OH is 1. The molecule has 3 atom stereocenters. The average molecular weight is 185 g/mol. The maximum Gasteiger partial charge on any atom is 0.0695 e. The molecule has 0 spiro atoms. The number of rotatable bonds is 4. The van der Waals surface area contributed by atoms with E-state index in [4.69, 9.17) is 0 Å². The highest BCUT2D eigenvalue weighted by atomic mass is 16.3. The molecule has 0 bridgehead atoms. The molecule has 1 N–H and O–H groups in total. The van der Waals surface area contributed by atoms with Gasteiger partial charge in [0.2, 0.25) is 0 Å². The summed E-state index contributed by atoms with van der Waals surface area (Å²) in [6.45, 7) is 5.62. The first-order chi connectivity index (χ1) is 6.15.